The number of phenolic OH excluding ortho intramolecular Hbond substituents is 2. The fraction of sp³-hybridized carbons (Fsp3) is 0.333. The molecule has 2 aliphatic rings. The molecule has 4 rings (SSSR count). The molecule has 2 aromatic carbocycles. The summed E-state index contributed by atoms with van der Waals surface area (Å²) in [5, 5.41) is 19.8. The van der Waals surface area contributed by atoms with Crippen molar-refractivity contribution >= 4 is 0 Å². The van der Waals surface area contributed by atoms with Crippen LogP contribution in [0.5, 0.6) is 17.2 Å². The smallest absolute Gasteiger partial charge is 0.160 e. The monoisotopic (exact) mass is 297 g/mol. The van der Waals surface area contributed by atoms with E-state index in [9.17, 15) is 10.2 Å². The third kappa shape index (κ3) is 2.03. The molecule has 0 saturated carbocycles. The van der Waals surface area contributed by atoms with Crippen molar-refractivity contribution in [2.24, 2.45) is 0 Å². The average Bonchev–Trinajstić information content (AvgIpc) is 2.52. The molecule has 0 saturated heterocycles. The Bertz CT molecular complexity index is 741. The Morgan fingerprint density at radius 1 is 1.09 bits per heavy atom. The zero-order chi connectivity index (χ0) is 15.3. The number of methoxy groups -OCH3 is 1. The van der Waals surface area contributed by atoms with Crippen LogP contribution in [0.4, 0.5) is 0 Å². The molecule has 22 heavy (non-hydrogen) atoms. The second kappa shape index (κ2) is 4.92. The molecule has 0 aliphatic carbocycles. The summed E-state index contributed by atoms with van der Waals surface area (Å²) < 4.78 is 5.22. The molecule has 0 bridgehead atoms. The van der Waals surface area contributed by atoms with Gasteiger partial charge in [0.1, 0.15) is 5.75 Å². The molecule has 2 N–H and O–H groups in total. The van der Waals surface area contributed by atoms with Crippen molar-refractivity contribution in [3.05, 3.63) is 52.6 Å². The van der Waals surface area contributed by atoms with E-state index in [0.29, 0.717) is 11.5 Å². The van der Waals surface area contributed by atoms with Gasteiger partial charge in [0.2, 0.25) is 0 Å². The number of benzene rings is 2. The highest BCUT2D eigenvalue weighted by molar-refractivity contribution is 5.50. The van der Waals surface area contributed by atoms with Crippen LogP contribution in [0.25, 0.3) is 0 Å². The Balaban J connectivity index is 1.77. The van der Waals surface area contributed by atoms with Crippen LogP contribution in [0.1, 0.15) is 28.3 Å². The predicted octanol–water partition coefficient (Wildman–Crippen LogP) is 2.76. The van der Waals surface area contributed by atoms with Crippen LogP contribution in [0.15, 0.2) is 30.3 Å². The number of aromatic hydroxyl groups is 2. The number of ether oxygens (including phenoxy) is 1. The largest absolute Gasteiger partial charge is 0.508 e. The number of hydrogen-bond donors (Lipinski definition) is 2. The van der Waals surface area contributed by atoms with Gasteiger partial charge in [-0.1, -0.05) is 6.07 Å². The number of nitrogens with zero attached hydrogens (tertiary/aromatic N) is 1. The third-order valence-electron chi connectivity index (χ3n) is 4.89. The molecule has 0 amide bonds. The molecule has 2 aromatic rings. The minimum absolute atomic E-state index is 0.199. The summed E-state index contributed by atoms with van der Waals surface area (Å²) in [6.45, 7) is 1.90. The SMILES string of the molecule is COc1cc2c(cc1O)C1Cc3cc(O)ccc3CN1CC2. The summed E-state index contributed by atoms with van der Waals surface area (Å²) in [4.78, 5) is 2.45. The van der Waals surface area contributed by atoms with Gasteiger partial charge in [-0.3, -0.25) is 4.90 Å². The average molecular weight is 297 g/mol. The van der Waals surface area contributed by atoms with Gasteiger partial charge in [-0.2, -0.15) is 0 Å². The summed E-state index contributed by atoms with van der Waals surface area (Å²) in [7, 11) is 1.58. The zero-order valence-electron chi connectivity index (χ0n) is 12.5. The topological polar surface area (TPSA) is 52.9 Å². The lowest BCUT2D eigenvalue weighted by atomic mass is 9.84. The molecule has 4 heteroatoms. The predicted molar refractivity (Wildman–Crippen MR) is 83.3 cm³/mol. The second-order valence-electron chi connectivity index (χ2n) is 6.12. The van der Waals surface area contributed by atoms with Gasteiger partial charge in [-0.05, 0) is 59.4 Å². The van der Waals surface area contributed by atoms with E-state index in [4.69, 9.17) is 4.74 Å². The normalized spacial score (nSPS) is 20.0. The van der Waals surface area contributed by atoms with Crippen LogP contribution >= 0.6 is 0 Å². The fourth-order valence-corrected chi connectivity index (χ4v) is 3.75. The minimum atomic E-state index is 0.199. The minimum Gasteiger partial charge on any atom is -0.508 e. The third-order valence-corrected chi connectivity index (χ3v) is 4.89. The van der Waals surface area contributed by atoms with Crippen molar-refractivity contribution in [3.63, 3.8) is 0 Å². The molecule has 1 unspecified atom stereocenters. The van der Waals surface area contributed by atoms with Gasteiger partial charge in [0.25, 0.3) is 0 Å². The molecular weight excluding hydrogens is 278 g/mol. The number of fused-ring (bicyclic) bond motifs is 4. The van der Waals surface area contributed by atoms with E-state index >= 15 is 0 Å². The molecule has 1 atom stereocenters. The van der Waals surface area contributed by atoms with Crippen LogP contribution in [-0.4, -0.2) is 28.8 Å². The maximum atomic E-state index is 10.1. The van der Waals surface area contributed by atoms with Gasteiger partial charge in [0, 0.05) is 19.1 Å². The number of phenols is 2. The van der Waals surface area contributed by atoms with Gasteiger partial charge in [0.05, 0.1) is 7.11 Å². The lowest BCUT2D eigenvalue weighted by molar-refractivity contribution is 0.160. The summed E-state index contributed by atoms with van der Waals surface area (Å²) in [5.74, 6) is 1.06. The van der Waals surface area contributed by atoms with Gasteiger partial charge in [-0.15, -0.1) is 0 Å². The van der Waals surface area contributed by atoms with Gasteiger partial charge in [0.15, 0.2) is 11.5 Å². The van der Waals surface area contributed by atoms with Crippen LogP contribution in [0, 0.1) is 0 Å². The van der Waals surface area contributed by atoms with E-state index in [1.807, 2.05) is 24.3 Å². The molecule has 0 spiro atoms. The Morgan fingerprint density at radius 2 is 1.95 bits per heavy atom. The maximum absolute atomic E-state index is 10.1. The van der Waals surface area contributed by atoms with Gasteiger partial charge in [-0.25, -0.2) is 0 Å². The van der Waals surface area contributed by atoms with Crippen molar-refractivity contribution in [3.8, 4) is 17.2 Å². The van der Waals surface area contributed by atoms with Crippen molar-refractivity contribution in [1.82, 2.24) is 4.90 Å². The molecule has 4 nitrogen and oxygen atoms in total. The Hall–Kier alpha value is -2.20. The van der Waals surface area contributed by atoms with Crippen molar-refractivity contribution in [2.75, 3.05) is 13.7 Å². The Morgan fingerprint density at radius 3 is 2.77 bits per heavy atom. The molecule has 0 radical (unpaired) electrons. The molecule has 0 aromatic heterocycles. The van der Waals surface area contributed by atoms with Crippen LogP contribution < -0.4 is 4.74 Å². The van der Waals surface area contributed by atoms with E-state index in [1.165, 1.54) is 22.3 Å². The zero-order valence-corrected chi connectivity index (χ0v) is 12.5. The van der Waals surface area contributed by atoms with Crippen molar-refractivity contribution < 1.29 is 14.9 Å². The van der Waals surface area contributed by atoms with E-state index in [-0.39, 0.29) is 11.8 Å². The van der Waals surface area contributed by atoms with Crippen LogP contribution in [-0.2, 0) is 19.4 Å². The van der Waals surface area contributed by atoms with E-state index in [2.05, 4.69) is 4.90 Å². The molecule has 0 fully saturated rings. The first kappa shape index (κ1) is 13.5. The quantitative estimate of drug-likeness (QED) is 0.850. The highest BCUT2D eigenvalue weighted by atomic mass is 16.5. The summed E-state index contributed by atoms with van der Waals surface area (Å²) in [6, 6.07) is 9.70. The molecule has 2 aliphatic heterocycles. The lowest BCUT2D eigenvalue weighted by Gasteiger charge is -2.41. The highest BCUT2D eigenvalue weighted by Crippen LogP contribution is 2.42. The van der Waals surface area contributed by atoms with E-state index in [0.717, 1.165) is 25.9 Å². The first-order valence-corrected chi connectivity index (χ1v) is 7.60. The molecular formula is C18H19NO3. The Kier molecular flexibility index (Phi) is 3.01. The second-order valence-corrected chi connectivity index (χ2v) is 6.12. The molecule has 114 valence electrons. The number of hydrogen-bond acceptors (Lipinski definition) is 4. The van der Waals surface area contributed by atoms with Gasteiger partial charge >= 0.3 is 0 Å². The summed E-state index contributed by atoms with van der Waals surface area (Å²) >= 11 is 0. The maximum Gasteiger partial charge on any atom is 0.160 e. The van der Waals surface area contributed by atoms with Gasteiger partial charge < -0.3 is 14.9 Å². The van der Waals surface area contributed by atoms with E-state index in [1.54, 1.807) is 13.2 Å². The first-order valence-electron chi connectivity index (χ1n) is 7.60. The molecule has 2 heterocycles. The van der Waals surface area contributed by atoms with E-state index < -0.39 is 0 Å². The lowest BCUT2D eigenvalue weighted by Crippen LogP contribution is -2.39. The standard InChI is InChI=1S/C18H19NO3/c1-22-18-8-11-4-5-19-10-12-2-3-14(20)6-13(12)7-16(19)15(11)9-17(18)21/h2-3,6,8-9,16,20-21H,4-5,7,10H2,1H3. The summed E-state index contributed by atoms with van der Waals surface area (Å²) in [6.07, 6.45) is 1.83. The fourth-order valence-electron chi connectivity index (χ4n) is 3.75. The first-order chi connectivity index (χ1) is 10.7. The highest BCUT2D eigenvalue weighted by Gasteiger charge is 2.32. The Labute approximate surface area is 129 Å². The summed E-state index contributed by atoms with van der Waals surface area (Å²) in [5.41, 5.74) is 4.91. The number of rotatable bonds is 1. The van der Waals surface area contributed by atoms with Crippen molar-refractivity contribution in [2.45, 2.75) is 25.4 Å². The van der Waals surface area contributed by atoms with Crippen LogP contribution in [0.3, 0.4) is 0 Å². The van der Waals surface area contributed by atoms with Crippen molar-refractivity contribution in [1.29, 1.82) is 0 Å². The van der Waals surface area contributed by atoms with Crippen LogP contribution in [0.2, 0.25) is 0 Å².